The van der Waals surface area contributed by atoms with Gasteiger partial charge in [0.25, 0.3) is 0 Å². The van der Waals surface area contributed by atoms with Crippen molar-refractivity contribution in [1.82, 2.24) is 15.0 Å². The Hall–Kier alpha value is -1.82. The standard InChI is InChI=1S/C11H11F2N3O/c1-16-6-8(14-15-16)5-11(17)7-2-3-9(12)10(13)4-7/h2-4,6,11,17H,5H2,1H3. The monoisotopic (exact) mass is 239 g/mol. The maximum atomic E-state index is 13.0. The fraction of sp³-hybridized carbons (Fsp3) is 0.273. The smallest absolute Gasteiger partial charge is 0.159 e. The molecule has 1 aromatic heterocycles. The lowest BCUT2D eigenvalue weighted by Gasteiger charge is -2.09. The van der Waals surface area contributed by atoms with Gasteiger partial charge in [0, 0.05) is 19.7 Å². The third kappa shape index (κ3) is 2.65. The molecule has 2 rings (SSSR count). The second kappa shape index (κ2) is 4.58. The van der Waals surface area contributed by atoms with Crippen LogP contribution in [0.1, 0.15) is 17.4 Å². The minimum absolute atomic E-state index is 0.207. The van der Waals surface area contributed by atoms with Gasteiger partial charge in [0.15, 0.2) is 11.6 Å². The highest BCUT2D eigenvalue weighted by Gasteiger charge is 2.13. The molecule has 0 fully saturated rings. The number of aliphatic hydroxyl groups is 1. The number of nitrogens with zero attached hydrogens (tertiary/aromatic N) is 3. The third-order valence-electron chi connectivity index (χ3n) is 2.38. The molecule has 0 saturated heterocycles. The van der Waals surface area contributed by atoms with E-state index in [1.807, 2.05) is 0 Å². The van der Waals surface area contributed by atoms with Crippen LogP contribution in [0.3, 0.4) is 0 Å². The molecule has 2 aromatic rings. The summed E-state index contributed by atoms with van der Waals surface area (Å²) in [5.74, 6) is -1.90. The van der Waals surface area contributed by atoms with Crippen molar-refractivity contribution in [3.05, 3.63) is 47.3 Å². The molecule has 4 nitrogen and oxygen atoms in total. The average Bonchev–Trinajstić information content (AvgIpc) is 2.68. The first-order chi connectivity index (χ1) is 8.06. The van der Waals surface area contributed by atoms with Gasteiger partial charge < -0.3 is 5.11 Å². The molecule has 1 N–H and O–H groups in total. The summed E-state index contributed by atoms with van der Waals surface area (Å²) in [5, 5.41) is 17.4. The number of aromatic nitrogens is 3. The normalized spacial score (nSPS) is 12.7. The molecular weight excluding hydrogens is 228 g/mol. The lowest BCUT2D eigenvalue weighted by atomic mass is 10.1. The van der Waals surface area contributed by atoms with Gasteiger partial charge in [0.05, 0.1) is 11.8 Å². The van der Waals surface area contributed by atoms with Crippen LogP contribution in [0.4, 0.5) is 8.78 Å². The molecule has 6 heteroatoms. The minimum atomic E-state index is -0.972. The highest BCUT2D eigenvalue weighted by Crippen LogP contribution is 2.19. The summed E-state index contributed by atoms with van der Waals surface area (Å²) in [6.07, 6.45) is 0.934. The van der Waals surface area contributed by atoms with E-state index in [0.29, 0.717) is 11.3 Å². The number of aryl methyl sites for hydroxylation is 1. The Bertz CT molecular complexity index is 527. The van der Waals surface area contributed by atoms with Crippen molar-refractivity contribution in [2.24, 2.45) is 7.05 Å². The molecule has 1 heterocycles. The van der Waals surface area contributed by atoms with Gasteiger partial charge in [-0.05, 0) is 17.7 Å². The first-order valence-electron chi connectivity index (χ1n) is 5.04. The van der Waals surface area contributed by atoms with Gasteiger partial charge in [0.1, 0.15) is 0 Å². The lowest BCUT2D eigenvalue weighted by molar-refractivity contribution is 0.176. The van der Waals surface area contributed by atoms with Crippen LogP contribution >= 0.6 is 0 Å². The highest BCUT2D eigenvalue weighted by atomic mass is 19.2. The molecule has 1 atom stereocenters. The molecule has 0 radical (unpaired) electrons. The summed E-state index contributed by atoms with van der Waals surface area (Å²) in [5.41, 5.74) is 0.902. The Morgan fingerprint density at radius 3 is 2.71 bits per heavy atom. The van der Waals surface area contributed by atoms with Crippen LogP contribution in [-0.4, -0.2) is 20.1 Å². The zero-order chi connectivity index (χ0) is 12.4. The van der Waals surface area contributed by atoms with Crippen LogP contribution in [0.5, 0.6) is 0 Å². The summed E-state index contributed by atoms with van der Waals surface area (Å²) in [6.45, 7) is 0. The maximum Gasteiger partial charge on any atom is 0.159 e. The predicted octanol–water partition coefficient (Wildman–Crippen LogP) is 1.37. The van der Waals surface area contributed by atoms with E-state index in [0.717, 1.165) is 12.1 Å². The number of hydrogen-bond acceptors (Lipinski definition) is 3. The van der Waals surface area contributed by atoms with Gasteiger partial charge >= 0.3 is 0 Å². The van der Waals surface area contributed by atoms with E-state index in [4.69, 9.17) is 0 Å². The topological polar surface area (TPSA) is 50.9 Å². The molecule has 0 aliphatic heterocycles. The van der Waals surface area contributed by atoms with Gasteiger partial charge in [-0.15, -0.1) is 5.10 Å². The Balaban J connectivity index is 2.14. The molecule has 17 heavy (non-hydrogen) atoms. The van der Waals surface area contributed by atoms with E-state index < -0.39 is 17.7 Å². The van der Waals surface area contributed by atoms with Crippen LogP contribution in [0.25, 0.3) is 0 Å². The van der Waals surface area contributed by atoms with Gasteiger partial charge in [-0.1, -0.05) is 11.3 Å². The number of benzene rings is 1. The first kappa shape index (κ1) is 11.7. The predicted molar refractivity (Wildman–Crippen MR) is 56.0 cm³/mol. The van der Waals surface area contributed by atoms with E-state index in [2.05, 4.69) is 10.3 Å². The summed E-state index contributed by atoms with van der Waals surface area (Å²) in [6, 6.07) is 3.32. The van der Waals surface area contributed by atoms with Gasteiger partial charge in [-0.25, -0.2) is 8.78 Å². The fourth-order valence-corrected chi connectivity index (χ4v) is 1.52. The quantitative estimate of drug-likeness (QED) is 0.880. The molecule has 0 saturated carbocycles. The van der Waals surface area contributed by atoms with Crippen LogP contribution in [0, 0.1) is 11.6 Å². The molecule has 90 valence electrons. The van der Waals surface area contributed by atoms with Crippen LogP contribution < -0.4 is 0 Å². The van der Waals surface area contributed by atoms with Gasteiger partial charge in [-0.3, -0.25) is 4.68 Å². The molecule has 1 unspecified atom stereocenters. The molecule has 0 aliphatic rings. The lowest BCUT2D eigenvalue weighted by Crippen LogP contribution is -2.03. The highest BCUT2D eigenvalue weighted by molar-refractivity contribution is 5.21. The van der Waals surface area contributed by atoms with E-state index in [-0.39, 0.29) is 6.42 Å². The van der Waals surface area contributed by atoms with Crippen molar-refractivity contribution in [3.8, 4) is 0 Å². The Kier molecular flexibility index (Phi) is 3.14. The average molecular weight is 239 g/mol. The van der Waals surface area contributed by atoms with Crippen molar-refractivity contribution >= 4 is 0 Å². The molecule has 0 spiro atoms. The zero-order valence-electron chi connectivity index (χ0n) is 9.14. The van der Waals surface area contributed by atoms with Crippen molar-refractivity contribution in [3.63, 3.8) is 0 Å². The molecule has 0 bridgehead atoms. The van der Waals surface area contributed by atoms with Crippen molar-refractivity contribution in [1.29, 1.82) is 0 Å². The van der Waals surface area contributed by atoms with Crippen molar-refractivity contribution in [2.75, 3.05) is 0 Å². The summed E-state index contributed by atoms with van der Waals surface area (Å²) in [4.78, 5) is 0. The fourth-order valence-electron chi connectivity index (χ4n) is 1.52. The Morgan fingerprint density at radius 1 is 1.35 bits per heavy atom. The summed E-state index contributed by atoms with van der Waals surface area (Å²) >= 11 is 0. The molecular formula is C11H11F2N3O. The first-order valence-corrected chi connectivity index (χ1v) is 5.04. The van der Waals surface area contributed by atoms with Crippen LogP contribution in [0.15, 0.2) is 24.4 Å². The van der Waals surface area contributed by atoms with E-state index in [9.17, 15) is 13.9 Å². The van der Waals surface area contributed by atoms with Crippen molar-refractivity contribution in [2.45, 2.75) is 12.5 Å². The SMILES string of the molecule is Cn1cc(CC(O)c2ccc(F)c(F)c2)nn1. The minimum Gasteiger partial charge on any atom is -0.388 e. The zero-order valence-corrected chi connectivity index (χ0v) is 9.14. The van der Waals surface area contributed by atoms with E-state index in [1.54, 1.807) is 13.2 Å². The van der Waals surface area contributed by atoms with Gasteiger partial charge in [0.2, 0.25) is 0 Å². The number of halogens is 2. The van der Waals surface area contributed by atoms with Crippen LogP contribution in [-0.2, 0) is 13.5 Å². The largest absolute Gasteiger partial charge is 0.388 e. The summed E-state index contributed by atoms with van der Waals surface area (Å²) < 4.78 is 27.2. The van der Waals surface area contributed by atoms with Crippen molar-refractivity contribution < 1.29 is 13.9 Å². The second-order valence-electron chi connectivity index (χ2n) is 3.78. The summed E-state index contributed by atoms with van der Waals surface area (Å²) in [7, 11) is 1.71. The second-order valence-corrected chi connectivity index (χ2v) is 3.78. The van der Waals surface area contributed by atoms with Gasteiger partial charge in [-0.2, -0.15) is 0 Å². The Morgan fingerprint density at radius 2 is 2.12 bits per heavy atom. The number of rotatable bonds is 3. The molecule has 0 aliphatic carbocycles. The molecule has 0 amide bonds. The van der Waals surface area contributed by atoms with E-state index in [1.165, 1.54) is 10.7 Å². The van der Waals surface area contributed by atoms with Crippen LogP contribution in [0.2, 0.25) is 0 Å². The number of aliphatic hydroxyl groups excluding tert-OH is 1. The van der Waals surface area contributed by atoms with E-state index >= 15 is 0 Å². The number of hydrogen-bond donors (Lipinski definition) is 1. The maximum absolute atomic E-state index is 13.0. The Labute approximate surface area is 96.5 Å². The third-order valence-corrected chi connectivity index (χ3v) is 2.38. The molecule has 1 aromatic carbocycles.